The first-order valence-corrected chi connectivity index (χ1v) is 12.4. The zero-order valence-electron chi connectivity index (χ0n) is 18.2. The van der Waals surface area contributed by atoms with Crippen LogP contribution in [0.4, 0.5) is 5.00 Å². The van der Waals surface area contributed by atoms with E-state index in [4.69, 9.17) is 4.74 Å². The Kier molecular flexibility index (Phi) is 9.13. The molecule has 0 saturated carbocycles. The summed E-state index contributed by atoms with van der Waals surface area (Å²) in [5, 5.41) is 6.43. The average molecular weight is 470 g/mol. The number of rotatable bonds is 11. The maximum absolute atomic E-state index is 12.9. The van der Waals surface area contributed by atoms with Gasteiger partial charge in [0.1, 0.15) is 16.4 Å². The Hall–Kier alpha value is -2.84. The lowest BCUT2D eigenvalue weighted by molar-refractivity contribution is -0.118. The van der Waals surface area contributed by atoms with Gasteiger partial charge in [-0.15, -0.1) is 0 Å². The molecule has 0 spiro atoms. The van der Waals surface area contributed by atoms with Crippen molar-refractivity contribution in [1.29, 1.82) is 0 Å². The molecule has 0 bridgehead atoms. The summed E-state index contributed by atoms with van der Waals surface area (Å²) in [5.74, 6) is 0.774. The molecule has 6 nitrogen and oxygen atoms in total. The Morgan fingerprint density at radius 2 is 1.81 bits per heavy atom. The minimum atomic E-state index is -0.216. The number of thiazole rings is 1. The Balaban J connectivity index is 1.75. The molecule has 0 fully saturated rings. The van der Waals surface area contributed by atoms with Crippen molar-refractivity contribution >= 4 is 39.9 Å². The number of nitrogens with zero attached hydrogens (tertiary/aromatic N) is 1. The van der Waals surface area contributed by atoms with Crippen molar-refractivity contribution < 1.29 is 14.3 Å². The average Bonchev–Trinajstić information content (AvgIpc) is 3.21. The monoisotopic (exact) mass is 469 g/mol. The number of benzene rings is 2. The number of aromatic nitrogens is 1. The smallest absolute Gasteiger partial charge is 0.256 e. The normalized spacial score (nSPS) is 10.6. The van der Waals surface area contributed by atoms with Crippen LogP contribution in [-0.4, -0.2) is 35.7 Å². The summed E-state index contributed by atoms with van der Waals surface area (Å²) in [6.07, 6.45) is 2.07. The fraction of sp³-hybridized carbons (Fsp3) is 0.292. The Morgan fingerprint density at radius 1 is 1.06 bits per heavy atom. The molecule has 8 heteroatoms. The van der Waals surface area contributed by atoms with Crippen LogP contribution in [0.1, 0.15) is 37.0 Å². The van der Waals surface area contributed by atoms with Crippen LogP contribution in [0.5, 0.6) is 5.75 Å². The summed E-state index contributed by atoms with van der Waals surface area (Å²) >= 11 is 2.73. The molecule has 0 aliphatic rings. The standard InChI is InChI=1S/C24H27N3O3S2/c1-3-5-15-30-19-13-11-18(12-14-19)22(29)27-23-21(17-9-7-6-8-10-17)26-24(32-23)31-16-20(28)25-4-2/h6-14H,3-5,15-16H2,1-2H3,(H,25,28)(H,27,29). The van der Waals surface area contributed by atoms with Crippen LogP contribution in [0.15, 0.2) is 58.9 Å². The molecule has 168 valence electrons. The summed E-state index contributed by atoms with van der Waals surface area (Å²) in [7, 11) is 0. The predicted molar refractivity (Wildman–Crippen MR) is 132 cm³/mol. The third-order valence-electron chi connectivity index (χ3n) is 4.47. The number of hydrogen-bond acceptors (Lipinski definition) is 6. The van der Waals surface area contributed by atoms with Crippen LogP contribution in [0, 0.1) is 0 Å². The molecule has 1 heterocycles. The maximum Gasteiger partial charge on any atom is 0.256 e. The molecule has 1 aromatic heterocycles. The van der Waals surface area contributed by atoms with Crippen molar-refractivity contribution in [2.75, 3.05) is 24.2 Å². The first kappa shape index (κ1) is 23.8. The predicted octanol–water partition coefficient (Wildman–Crippen LogP) is 5.47. The first-order chi connectivity index (χ1) is 15.6. The fourth-order valence-electron chi connectivity index (χ4n) is 2.83. The van der Waals surface area contributed by atoms with Crippen LogP contribution in [0.2, 0.25) is 0 Å². The van der Waals surface area contributed by atoms with E-state index in [0.717, 1.165) is 28.5 Å². The van der Waals surface area contributed by atoms with Crippen LogP contribution >= 0.6 is 23.1 Å². The summed E-state index contributed by atoms with van der Waals surface area (Å²) < 4.78 is 6.40. The van der Waals surface area contributed by atoms with Crippen molar-refractivity contribution in [2.24, 2.45) is 0 Å². The molecule has 0 unspecified atom stereocenters. The summed E-state index contributed by atoms with van der Waals surface area (Å²) in [5.41, 5.74) is 2.14. The highest BCUT2D eigenvalue weighted by molar-refractivity contribution is 8.01. The van der Waals surface area contributed by atoms with E-state index in [2.05, 4.69) is 22.5 Å². The van der Waals surface area contributed by atoms with Gasteiger partial charge < -0.3 is 15.4 Å². The van der Waals surface area contributed by atoms with Crippen molar-refractivity contribution in [3.05, 3.63) is 60.2 Å². The highest BCUT2D eigenvalue weighted by atomic mass is 32.2. The Labute approximate surface area is 196 Å². The summed E-state index contributed by atoms with van der Waals surface area (Å²) in [6.45, 7) is 5.26. The molecule has 0 saturated heterocycles. The molecule has 3 rings (SSSR count). The second-order valence-electron chi connectivity index (χ2n) is 6.95. The number of thioether (sulfide) groups is 1. The van der Waals surface area contributed by atoms with Gasteiger partial charge in [-0.2, -0.15) is 0 Å². The van der Waals surface area contributed by atoms with E-state index in [1.165, 1.54) is 23.1 Å². The number of carbonyl (C=O) groups is 2. The molecule has 2 N–H and O–H groups in total. The van der Waals surface area contributed by atoms with E-state index >= 15 is 0 Å². The molecule has 3 aromatic rings. The minimum Gasteiger partial charge on any atom is -0.494 e. The number of amides is 2. The van der Waals surface area contributed by atoms with Gasteiger partial charge in [-0.1, -0.05) is 66.8 Å². The lowest BCUT2D eigenvalue weighted by Gasteiger charge is -2.08. The van der Waals surface area contributed by atoms with Gasteiger partial charge in [-0.05, 0) is 37.6 Å². The van der Waals surface area contributed by atoms with Crippen molar-refractivity contribution in [1.82, 2.24) is 10.3 Å². The quantitative estimate of drug-likeness (QED) is 0.288. The Bertz CT molecular complexity index is 1020. The van der Waals surface area contributed by atoms with E-state index in [1.807, 2.05) is 49.4 Å². The maximum atomic E-state index is 12.9. The second kappa shape index (κ2) is 12.3. The zero-order chi connectivity index (χ0) is 22.8. The molecule has 2 aromatic carbocycles. The number of nitrogens with one attached hydrogen (secondary N) is 2. The molecule has 0 aliphatic heterocycles. The highest BCUT2D eigenvalue weighted by Gasteiger charge is 2.17. The number of carbonyl (C=O) groups excluding carboxylic acids is 2. The highest BCUT2D eigenvalue weighted by Crippen LogP contribution is 2.37. The van der Waals surface area contributed by atoms with Crippen molar-refractivity contribution in [3.63, 3.8) is 0 Å². The van der Waals surface area contributed by atoms with Crippen molar-refractivity contribution in [3.8, 4) is 17.0 Å². The van der Waals surface area contributed by atoms with Crippen molar-refractivity contribution in [2.45, 2.75) is 31.0 Å². The minimum absolute atomic E-state index is 0.0409. The van der Waals surface area contributed by atoms with Crippen LogP contribution < -0.4 is 15.4 Å². The lowest BCUT2D eigenvalue weighted by atomic mass is 10.1. The number of unbranched alkanes of at least 4 members (excludes halogenated alkanes) is 1. The third-order valence-corrected chi connectivity index (χ3v) is 6.58. The van der Waals surface area contributed by atoms with Crippen LogP contribution in [-0.2, 0) is 4.79 Å². The van der Waals surface area contributed by atoms with E-state index in [0.29, 0.717) is 29.4 Å². The lowest BCUT2D eigenvalue weighted by Crippen LogP contribution is -2.24. The van der Waals surface area contributed by atoms with E-state index in [9.17, 15) is 9.59 Å². The summed E-state index contributed by atoms with van der Waals surface area (Å²) in [4.78, 5) is 29.4. The van der Waals surface area contributed by atoms with Gasteiger partial charge in [0.15, 0.2) is 4.34 Å². The first-order valence-electron chi connectivity index (χ1n) is 10.6. The SMILES string of the molecule is CCCCOc1ccc(C(=O)Nc2sc(SCC(=O)NCC)nc2-c2ccccc2)cc1. The van der Waals surface area contributed by atoms with E-state index < -0.39 is 0 Å². The van der Waals surface area contributed by atoms with E-state index in [1.54, 1.807) is 12.1 Å². The van der Waals surface area contributed by atoms with Gasteiger partial charge >= 0.3 is 0 Å². The van der Waals surface area contributed by atoms with Gasteiger partial charge in [-0.25, -0.2) is 4.98 Å². The fourth-order valence-corrected chi connectivity index (χ4v) is 4.72. The molecule has 32 heavy (non-hydrogen) atoms. The van der Waals surface area contributed by atoms with Crippen LogP contribution in [0.3, 0.4) is 0 Å². The number of ether oxygens (including phenoxy) is 1. The van der Waals surface area contributed by atoms with E-state index in [-0.39, 0.29) is 17.6 Å². The number of hydrogen-bond donors (Lipinski definition) is 2. The molecular formula is C24H27N3O3S2. The van der Waals surface area contributed by atoms with Crippen LogP contribution in [0.25, 0.3) is 11.3 Å². The van der Waals surface area contributed by atoms with Gasteiger partial charge in [0.05, 0.1) is 12.4 Å². The third kappa shape index (κ3) is 6.83. The topological polar surface area (TPSA) is 80.3 Å². The van der Waals surface area contributed by atoms with Gasteiger partial charge in [0.2, 0.25) is 5.91 Å². The second-order valence-corrected chi connectivity index (χ2v) is 9.17. The molecule has 0 aliphatic carbocycles. The molecule has 0 radical (unpaired) electrons. The molecule has 0 atom stereocenters. The summed E-state index contributed by atoms with van der Waals surface area (Å²) in [6, 6.07) is 16.8. The Morgan fingerprint density at radius 3 is 2.50 bits per heavy atom. The molecule has 2 amide bonds. The van der Waals surface area contributed by atoms with Gasteiger partial charge in [-0.3, -0.25) is 9.59 Å². The molecular weight excluding hydrogens is 442 g/mol. The largest absolute Gasteiger partial charge is 0.494 e. The van der Waals surface area contributed by atoms with Gasteiger partial charge in [0.25, 0.3) is 5.91 Å². The zero-order valence-corrected chi connectivity index (χ0v) is 19.9. The van der Waals surface area contributed by atoms with Gasteiger partial charge in [0, 0.05) is 17.7 Å². The number of anilines is 1.